The van der Waals surface area contributed by atoms with Crippen LogP contribution in [0.1, 0.15) is 23.8 Å². The van der Waals surface area contributed by atoms with Gasteiger partial charge < -0.3 is 15.7 Å². The number of carboxylic acid groups (broad SMARTS) is 1. The number of carboxylic acids is 1. The Morgan fingerprint density at radius 3 is 2.94 bits per heavy atom. The average Bonchev–Trinajstić information content (AvgIpc) is 2.84. The lowest BCUT2D eigenvalue weighted by Gasteiger charge is -2.25. The Labute approximate surface area is 103 Å². The summed E-state index contributed by atoms with van der Waals surface area (Å²) in [7, 11) is 0. The molecule has 2 heterocycles. The number of thiophene rings is 1. The molecule has 1 saturated heterocycles. The largest absolute Gasteiger partial charge is 0.481 e. The number of amides is 1. The molecule has 1 aromatic rings. The van der Waals surface area contributed by atoms with Gasteiger partial charge in [0.15, 0.2) is 0 Å². The van der Waals surface area contributed by atoms with Crippen LogP contribution >= 0.6 is 11.3 Å². The highest BCUT2D eigenvalue weighted by atomic mass is 32.1. The minimum absolute atomic E-state index is 0.0582. The van der Waals surface area contributed by atoms with E-state index in [0.717, 1.165) is 4.88 Å². The predicted octanol–water partition coefficient (Wildman–Crippen LogP) is 0.823. The summed E-state index contributed by atoms with van der Waals surface area (Å²) in [5.74, 6) is -0.964. The lowest BCUT2D eigenvalue weighted by molar-refractivity contribution is -0.139. The van der Waals surface area contributed by atoms with Crippen LogP contribution in [0.25, 0.3) is 0 Å². The lowest BCUT2D eigenvalue weighted by Crippen LogP contribution is -2.33. The second-order valence-electron chi connectivity index (χ2n) is 4.14. The SMILES string of the molecule is NC1CC(=O)N(C(CC(=O)O)c2cccs2)C1. The summed E-state index contributed by atoms with van der Waals surface area (Å²) in [6.07, 6.45) is 0.237. The molecule has 2 atom stereocenters. The van der Waals surface area contributed by atoms with Crippen LogP contribution in [0.2, 0.25) is 0 Å². The van der Waals surface area contributed by atoms with Gasteiger partial charge in [-0.3, -0.25) is 9.59 Å². The number of hydrogen-bond donors (Lipinski definition) is 2. The zero-order valence-electron chi connectivity index (χ0n) is 9.20. The lowest BCUT2D eigenvalue weighted by atomic mass is 10.1. The Morgan fingerprint density at radius 2 is 2.47 bits per heavy atom. The number of nitrogens with zero attached hydrogens (tertiary/aromatic N) is 1. The summed E-state index contributed by atoms with van der Waals surface area (Å²) in [4.78, 5) is 25.1. The summed E-state index contributed by atoms with van der Waals surface area (Å²) in [6, 6.07) is 3.15. The van der Waals surface area contributed by atoms with Crippen molar-refractivity contribution < 1.29 is 14.7 Å². The van der Waals surface area contributed by atoms with Crippen molar-refractivity contribution in [3.63, 3.8) is 0 Å². The Bertz CT molecular complexity index is 418. The van der Waals surface area contributed by atoms with Crippen LogP contribution in [0.3, 0.4) is 0 Å². The van der Waals surface area contributed by atoms with Gasteiger partial charge in [0.1, 0.15) is 0 Å². The summed E-state index contributed by atoms with van der Waals surface area (Å²) in [6.45, 7) is 0.439. The third kappa shape index (κ3) is 2.65. The topological polar surface area (TPSA) is 83.6 Å². The van der Waals surface area contributed by atoms with Gasteiger partial charge in [0, 0.05) is 23.9 Å². The van der Waals surface area contributed by atoms with E-state index in [9.17, 15) is 9.59 Å². The van der Waals surface area contributed by atoms with Gasteiger partial charge in [0.2, 0.25) is 5.91 Å². The van der Waals surface area contributed by atoms with Crippen molar-refractivity contribution in [2.24, 2.45) is 5.73 Å². The van der Waals surface area contributed by atoms with Gasteiger partial charge in [-0.15, -0.1) is 11.3 Å². The van der Waals surface area contributed by atoms with Crippen LogP contribution in [-0.2, 0) is 9.59 Å². The van der Waals surface area contributed by atoms with Crippen LogP contribution in [0, 0.1) is 0 Å². The molecule has 1 aliphatic heterocycles. The first-order valence-corrected chi connectivity index (χ1v) is 6.26. The van der Waals surface area contributed by atoms with Gasteiger partial charge in [0.05, 0.1) is 12.5 Å². The van der Waals surface area contributed by atoms with Gasteiger partial charge in [-0.1, -0.05) is 6.07 Å². The van der Waals surface area contributed by atoms with E-state index in [1.807, 2.05) is 17.5 Å². The van der Waals surface area contributed by atoms with Gasteiger partial charge in [-0.05, 0) is 11.4 Å². The highest BCUT2D eigenvalue weighted by molar-refractivity contribution is 7.10. The molecule has 0 aliphatic carbocycles. The number of carbonyl (C=O) groups excluding carboxylic acids is 1. The van der Waals surface area contributed by atoms with Crippen LogP contribution in [-0.4, -0.2) is 34.5 Å². The number of likely N-dealkylation sites (tertiary alicyclic amines) is 1. The molecule has 0 radical (unpaired) electrons. The molecule has 1 aromatic heterocycles. The fourth-order valence-corrected chi connectivity index (χ4v) is 2.91. The Kier molecular flexibility index (Phi) is 3.44. The van der Waals surface area contributed by atoms with E-state index in [-0.39, 0.29) is 24.4 Å². The quantitative estimate of drug-likeness (QED) is 0.833. The third-order valence-electron chi connectivity index (χ3n) is 2.80. The zero-order valence-corrected chi connectivity index (χ0v) is 10.0. The molecule has 17 heavy (non-hydrogen) atoms. The predicted molar refractivity (Wildman–Crippen MR) is 63.6 cm³/mol. The minimum Gasteiger partial charge on any atom is -0.481 e. The van der Waals surface area contributed by atoms with Crippen molar-refractivity contribution in [1.82, 2.24) is 4.90 Å². The van der Waals surface area contributed by atoms with E-state index < -0.39 is 5.97 Å². The highest BCUT2D eigenvalue weighted by Crippen LogP contribution is 2.31. The number of carbonyl (C=O) groups is 2. The first-order chi connectivity index (χ1) is 8.08. The Balaban J connectivity index is 2.21. The molecule has 1 amide bonds. The first kappa shape index (κ1) is 12.1. The molecule has 0 spiro atoms. The van der Waals surface area contributed by atoms with Crippen LogP contribution < -0.4 is 5.73 Å². The van der Waals surface area contributed by atoms with Crippen LogP contribution in [0.4, 0.5) is 0 Å². The number of hydrogen-bond acceptors (Lipinski definition) is 4. The average molecular weight is 254 g/mol. The van der Waals surface area contributed by atoms with Crippen molar-refractivity contribution in [3.8, 4) is 0 Å². The van der Waals surface area contributed by atoms with E-state index in [2.05, 4.69) is 0 Å². The van der Waals surface area contributed by atoms with Crippen LogP contribution in [0.5, 0.6) is 0 Å². The highest BCUT2D eigenvalue weighted by Gasteiger charge is 2.34. The zero-order chi connectivity index (χ0) is 12.4. The second-order valence-corrected chi connectivity index (χ2v) is 5.12. The smallest absolute Gasteiger partial charge is 0.305 e. The molecule has 6 heteroatoms. The van der Waals surface area contributed by atoms with Gasteiger partial charge in [-0.25, -0.2) is 0 Å². The van der Waals surface area contributed by atoms with Gasteiger partial charge >= 0.3 is 5.97 Å². The van der Waals surface area contributed by atoms with Crippen molar-refractivity contribution in [2.75, 3.05) is 6.54 Å². The van der Waals surface area contributed by atoms with Crippen molar-refractivity contribution in [1.29, 1.82) is 0 Å². The molecule has 0 saturated carbocycles. The normalized spacial score (nSPS) is 21.8. The Morgan fingerprint density at radius 1 is 1.71 bits per heavy atom. The molecule has 1 aliphatic rings. The van der Waals surface area contributed by atoms with E-state index >= 15 is 0 Å². The number of aliphatic carboxylic acids is 1. The molecule has 2 unspecified atom stereocenters. The van der Waals surface area contributed by atoms with Crippen molar-refractivity contribution >= 4 is 23.2 Å². The molecule has 5 nitrogen and oxygen atoms in total. The van der Waals surface area contributed by atoms with Crippen molar-refractivity contribution in [2.45, 2.75) is 24.9 Å². The summed E-state index contributed by atoms with van der Waals surface area (Å²) in [5, 5.41) is 10.8. The number of rotatable bonds is 4. The third-order valence-corrected chi connectivity index (χ3v) is 3.78. The Hall–Kier alpha value is -1.40. The monoisotopic (exact) mass is 254 g/mol. The molecular formula is C11H14N2O3S. The minimum atomic E-state index is -0.906. The van der Waals surface area contributed by atoms with Crippen LogP contribution in [0.15, 0.2) is 17.5 Å². The maximum absolute atomic E-state index is 11.8. The summed E-state index contributed by atoms with van der Waals surface area (Å²) < 4.78 is 0. The summed E-state index contributed by atoms with van der Waals surface area (Å²) in [5.41, 5.74) is 5.73. The second kappa shape index (κ2) is 4.85. The van der Waals surface area contributed by atoms with E-state index in [1.165, 1.54) is 11.3 Å². The molecule has 1 fully saturated rings. The summed E-state index contributed by atoms with van der Waals surface area (Å²) >= 11 is 1.47. The van der Waals surface area contributed by atoms with E-state index in [1.54, 1.807) is 4.90 Å². The fraction of sp³-hybridized carbons (Fsp3) is 0.455. The molecular weight excluding hydrogens is 240 g/mol. The van der Waals surface area contributed by atoms with E-state index in [0.29, 0.717) is 13.0 Å². The molecule has 0 bridgehead atoms. The molecule has 92 valence electrons. The maximum Gasteiger partial charge on any atom is 0.305 e. The standard InChI is InChI=1S/C11H14N2O3S/c12-7-4-10(14)13(6-7)8(5-11(15)16)9-2-1-3-17-9/h1-3,7-8H,4-6,12H2,(H,15,16). The first-order valence-electron chi connectivity index (χ1n) is 5.38. The molecule has 0 aromatic carbocycles. The van der Waals surface area contributed by atoms with Gasteiger partial charge in [0.25, 0.3) is 0 Å². The van der Waals surface area contributed by atoms with Crippen molar-refractivity contribution in [3.05, 3.63) is 22.4 Å². The number of nitrogens with two attached hydrogens (primary N) is 1. The maximum atomic E-state index is 11.8. The molecule has 3 N–H and O–H groups in total. The van der Waals surface area contributed by atoms with Gasteiger partial charge in [-0.2, -0.15) is 0 Å². The van der Waals surface area contributed by atoms with E-state index in [4.69, 9.17) is 10.8 Å². The molecule has 2 rings (SSSR count). The fourth-order valence-electron chi connectivity index (χ4n) is 2.07.